The Bertz CT molecular complexity index is 888. The van der Waals surface area contributed by atoms with E-state index in [0.717, 1.165) is 20.9 Å². The molecule has 1 unspecified atom stereocenters. The molecule has 0 aliphatic carbocycles. The summed E-state index contributed by atoms with van der Waals surface area (Å²) in [5, 5.41) is 20.4. The number of rotatable bonds is 9. The van der Waals surface area contributed by atoms with Crippen LogP contribution < -0.4 is 10.5 Å². The number of hydrogen-bond donors (Lipinski definition) is 2. The summed E-state index contributed by atoms with van der Waals surface area (Å²) >= 11 is 4.05. The molecule has 0 radical (unpaired) electrons. The first-order valence-corrected chi connectivity index (χ1v) is 10.6. The van der Waals surface area contributed by atoms with Crippen LogP contribution in [-0.2, 0) is 4.79 Å². The molecule has 0 saturated carbocycles. The van der Waals surface area contributed by atoms with Gasteiger partial charge in [-0.05, 0) is 22.9 Å². The fourth-order valence-corrected chi connectivity index (χ4v) is 4.80. The van der Waals surface area contributed by atoms with Crippen LogP contribution in [0, 0.1) is 0 Å². The maximum atomic E-state index is 10.8. The van der Waals surface area contributed by atoms with Crippen LogP contribution in [0.5, 0.6) is 5.75 Å². The lowest BCUT2D eigenvalue weighted by Crippen LogP contribution is -2.20. The summed E-state index contributed by atoms with van der Waals surface area (Å²) < 4.78 is 7.11. The van der Waals surface area contributed by atoms with Crippen LogP contribution in [0.3, 0.4) is 0 Å². The van der Waals surface area contributed by atoms with Crippen molar-refractivity contribution in [2.24, 2.45) is 5.73 Å². The summed E-state index contributed by atoms with van der Waals surface area (Å²) in [6, 6.07) is 13.9. The average molecular weight is 408 g/mol. The van der Waals surface area contributed by atoms with E-state index in [-0.39, 0.29) is 18.3 Å². The monoisotopic (exact) mass is 407 g/mol. The molecule has 136 valence electrons. The van der Waals surface area contributed by atoms with Crippen LogP contribution in [0.1, 0.15) is 0 Å². The molecule has 3 aromatic rings. The second kappa shape index (κ2) is 9.22. The molecule has 1 amide bonds. The average Bonchev–Trinajstić information content (AvgIpc) is 3.11. The van der Waals surface area contributed by atoms with E-state index in [0.29, 0.717) is 10.1 Å². The van der Waals surface area contributed by atoms with Gasteiger partial charge in [0.05, 0.1) is 11.9 Å². The highest BCUT2D eigenvalue weighted by atomic mass is 32.2. The lowest BCUT2D eigenvalue weighted by Gasteiger charge is -2.11. The lowest BCUT2D eigenvalue weighted by atomic mass is 10.1. The number of carbonyl (C=O) groups is 1. The third-order valence-corrected chi connectivity index (χ3v) is 6.65. The van der Waals surface area contributed by atoms with Crippen LogP contribution in [0.2, 0.25) is 0 Å². The molecule has 3 rings (SSSR count). The number of amides is 1. The highest BCUT2D eigenvalue weighted by Crippen LogP contribution is 2.29. The van der Waals surface area contributed by atoms with Crippen molar-refractivity contribution in [3.63, 3.8) is 0 Å². The molecule has 0 bridgehead atoms. The van der Waals surface area contributed by atoms with Crippen molar-refractivity contribution in [3.8, 4) is 5.75 Å². The van der Waals surface area contributed by atoms with Crippen molar-refractivity contribution in [2.45, 2.75) is 14.8 Å². The minimum absolute atomic E-state index is 0.182. The molecule has 1 heterocycles. The van der Waals surface area contributed by atoms with E-state index < -0.39 is 6.10 Å². The number of aromatic nitrogens is 2. The Kier molecular flexibility index (Phi) is 6.73. The summed E-state index contributed by atoms with van der Waals surface area (Å²) in [5.74, 6) is 0.971. The number of carbonyl (C=O) groups excluding carboxylic acids is 1. The zero-order valence-electron chi connectivity index (χ0n) is 13.7. The van der Waals surface area contributed by atoms with Gasteiger partial charge < -0.3 is 15.6 Å². The molecule has 9 heteroatoms. The SMILES string of the molecule is NC(=O)CSc1nnc(SCC(O)COc2ccc3ccccc3c2)s1. The molecule has 0 aliphatic rings. The van der Waals surface area contributed by atoms with Gasteiger partial charge in [0.2, 0.25) is 5.91 Å². The first kappa shape index (κ1) is 19.0. The Balaban J connectivity index is 1.45. The first-order chi connectivity index (χ1) is 12.6. The number of ether oxygens (including phenoxy) is 1. The quantitative estimate of drug-likeness (QED) is 0.526. The molecule has 0 aliphatic heterocycles. The molecular weight excluding hydrogens is 390 g/mol. The largest absolute Gasteiger partial charge is 0.491 e. The van der Waals surface area contributed by atoms with Gasteiger partial charge in [0.25, 0.3) is 0 Å². The molecule has 1 atom stereocenters. The number of nitrogens with zero attached hydrogens (tertiary/aromatic N) is 2. The highest BCUT2D eigenvalue weighted by molar-refractivity contribution is 8.03. The minimum Gasteiger partial charge on any atom is -0.491 e. The second-order valence-electron chi connectivity index (χ2n) is 5.37. The molecule has 0 spiro atoms. The second-order valence-corrected chi connectivity index (χ2v) is 8.84. The van der Waals surface area contributed by atoms with Crippen molar-refractivity contribution in [1.82, 2.24) is 10.2 Å². The van der Waals surface area contributed by atoms with Crippen LogP contribution in [0.4, 0.5) is 0 Å². The molecular formula is C17H17N3O3S3. The van der Waals surface area contributed by atoms with Gasteiger partial charge in [-0.25, -0.2) is 0 Å². The molecule has 0 saturated heterocycles. The van der Waals surface area contributed by atoms with E-state index in [1.807, 2.05) is 42.5 Å². The lowest BCUT2D eigenvalue weighted by molar-refractivity contribution is -0.115. The summed E-state index contributed by atoms with van der Waals surface area (Å²) in [4.78, 5) is 10.8. The van der Waals surface area contributed by atoms with Gasteiger partial charge in [-0.2, -0.15) is 0 Å². The van der Waals surface area contributed by atoms with Crippen molar-refractivity contribution in [1.29, 1.82) is 0 Å². The molecule has 26 heavy (non-hydrogen) atoms. The number of primary amides is 1. The van der Waals surface area contributed by atoms with E-state index in [1.165, 1.54) is 34.9 Å². The Morgan fingerprint density at radius 3 is 2.65 bits per heavy atom. The van der Waals surface area contributed by atoms with Gasteiger partial charge in [-0.15, -0.1) is 10.2 Å². The van der Waals surface area contributed by atoms with Gasteiger partial charge >= 0.3 is 0 Å². The maximum Gasteiger partial charge on any atom is 0.227 e. The number of thioether (sulfide) groups is 2. The van der Waals surface area contributed by atoms with Gasteiger partial charge in [-0.3, -0.25) is 4.79 Å². The number of hydrogen-bond acceptors (Lipinski definition) is 8. The number of benzene rings is 2. The summed E-state index contributed by atoms with van der Waals surface area (Å²) in [6.45, 7) is 0.202. The van der Waals surface area contributed by atoms with E-state index in [1.54, 1.807) is 0 Å². The van der Waals surface area contributed by atoms with E-state index in [9.17, 15) is 9.90 Å². The Morgan fingerprint density at radius 1 is 1.15 bits per heavy atom. The molecule has 3 N–H and O–H groups in total. The van der Waals surface area contributed by atoms with E-state index in [4.69, 9.17) is 10.5 Å². The maximum absolute atomic E-state index is 10.8. The van der Waals surface area contributed by atoms with Gasteiger partial charge in [0, 0.05) is 5.75 Å². The predicted molar refractivity (Wildman–Crippen MR) is 106 cm³/mol. The third kappa shape index (κ3) is 5.60. The van der Waals surface area contributed by atoms with Gasteiger partial charge in [0.15, 0.2) is 8.68 Å². The van der Waals surface area contributed by atoms with Gasteiger partial charge in [0.1, 0.15) is 12.4 Å². The fourth-order valence-electron chi connectivity index (χ4n) is 2.11. The van der Waals surface area contributed by atoms with E-state index >= 15 is 0 Å². The number of fused-ring (bicyclic) bond motifs is 1. The number of aliphatic hydroxyl groups excluding tert-OH is 1. The first-order valence-electron chi connectivity index (χ1n) is 7.77. The van der Waals surface area contributed by atoms with Crippen LogP contribution >= 0.6 is 34.9 Å². The van der Waals surface area contributed by atoms with E-state index in [2.05, 4.69) is 10.2 Å². The minimum atomic E-state index is -0.628. The summed E-state index contributed by atoms with van der Waals surface area (Å²) in [6.07, 6.45) is -0.628. The van der Waals surface area contributed by atoms with Crippen molar-refractivity contribution in [2.75, 3.05) is 18.1 Å². The van der Waals surface area contributed by atoms with Crippen LogP contribution in [0.25, 0.3) is 10.8 Å². The Hall–Kier alpha value is -1.81. The molecule has 0 fully saturated rings. The molecule has 1 aromatic heterocycles. The third-order valence-electron chi connectivity index (χ3n) is 3.29. The molecule has 6 nitrogen and oxygen atoms in total. The van der Waals surface area contributed by atoms with Crippen molar-refractivity contribution in [3.05, 3.63) is 42.5 Å². The zero-order valence-corrected chi connectivity index (χ0v) is 16.1. The number of nitrogens with two attached hydrogens (primary N) is 1. The van der Waals surface area contributed by atoms with Crippen molar-refractivity contribution < 1.29 is 14.6 Å². The molecule has 2 aromatic carbocycles. The van der Waals surface area contributed by atoms with Crippen LogP contribution in [0.15, 0.2) is 51.1 Å². The smallest absolute Gasteiger partial charge is 0.227 e. The Morgan fingerprint density at radius 2 is 1.88 bits per heavy atom. The highest BCUT2D eigenvalue weighted by Gasteiger charge is 2.11. The van der Waals surface area contributed by atoms with Gasteiger partial charge in [-0.1, -0.05) is 65.2 Å². The normalized spacial score (nSPS) is 12.2. The van der Waals surface area contributed by atoms with Crippen LogP contribution in [-0.4, -0.2) is 45.4 Å². The summed E-state index contributed by atoms with van der Waals surface area (Å²) in [5.41, 5.74) is 5.10. The number of aliphatic hydroxyl groups is 1. The fraction of sp³-hybridized carbons (Fsp3) is 0.235. The Labute approximate surface area is 163 Å². The summed E-state index contributed by atoms with van der Waals surface area (Å²) in [7, 11) is 0. The predicted octanol–water partition coefficient (Wildman–Crippen LogP) is 2.80. The standard InChI is InChI=1S/C17H17N3O3S3/c18-15(22)10-25-17-20-19-16(26-17)24-9-13(21)8-23-14-6-5-11-3-1-2-4-12(11)7-14/h1-7,13,21H,8-10H2,(H2,18,22). The topological polar surface area (TPSA) is 98.3 Å². The van der Waals surface area contributed by atoms with Crippen molar-refractivity contribution >= 4 is 51.5 Å². The zero-order chi connectivity index (χ0) is 18.4.